The topological polar surface area (TPSA) is 38.3 Å². The van der Waals surface area contributed by atoms with E-state index in [0.717, 1.165) is 19.8 Å². The molecule has 21 heavy (non-hydrogen) atoms. The number of hydrogen-bond acceptors (Lipinski definition) is 3. The number of carbonyl (C=O) groups is 1. The zero-order valence-corrected chi connectivity index (χ0v) is 14.4. The number of nitrogens with one attached hydrogen (secondary N) is 1. The van der Waals surface area contributed by atoms with Crippen LogP contribution in [0.1, 0.15) is 31.7 Å². The maximum absolute atomic E-state index is 12.0. The van der Waals surface area contributed by atoms with Gasteiger partial charge in [0, 0.05) is 4.88 Å². The molecule has 0 radical (unpaired) electrons. The van der Waals surface area contributed by atoms with E-state index in [2.05, 4.69) is 27.3 Å². The highest BCUT2D eigenvalue weighted by Gasteiger charge is 2.21. The summed E-state index contributed by atoms with van der Waals surface area (Å²) in [5.74, 6) is 0.498. The van der Waals surface area contributed by atoms with Gasteiger partial charge in [0.1, 0.15) is 12.4 Å². The standard InChI is InChI=1S/C15H13BrClNO2S/c1-8-6-12(21-14(8)16)13(17)9-2-3-11-10(7-9)15(19)18-4-5-20-11/h2-3,6-7,13H,4-5H2,1H3,(H,18,19). The monoisotopic (exact) mass is 385 g/mol. The Kier molecular flexibility index (Phi) is 4.24. The number of fused-ring (bicyclic) bond motifs is 1. The fourth-order valence-electron chi connectivity index (χ4n) is 2.20. The number of carbonyl (C=O) groups excluding carboxylic acids is 1. The van der Waals surface area contributed by atoms with E-state index >= 15 is 0 Å². The number of thiophene rings is 1. The molecule has 6 heteroatoms. The summed E-state index contributed by atoms with van der Waals surface area (Å²) < 4.78 is 6.63. The van der Waals surface area contributed by atoms with Gasteiger partial charge in [-0.3, -0.25) is 4.79 Å². The van der Waals surface area contributed by atoms with E-state index in [1.807, 2.05) is 25.1 Å². The molecule has 3 nitrogen and oxygen atoms in total. The molecule has 0 aliphatic carbocycles. The minimum atomic E-state index is -0.277. The fraction of sp³-hybridized carbons (Fsp3) is 0.267. The highest BCUT2D eigenvalue weighted by Crippen LogP contribution is 2.39. The second-order valence-electron chi connectivity index (χ2n) is 4.83. The molecule has 3 rings (SSSR count). The van der Waals surface area contributed by atoms with Gasteiger partial charge in [0.2, 0.25) is 0 Å². The van der Waals surface area contributed by atoms with E-state index in [1.54, 1.807) is 11.3 Å². The second kappa shape index (κ2) is 5.99. The second-order valence-corrected chi connectivity index (χ2v) is 7.67. The van der Waals surface area contributed by atoms with Crippen molar-refractivity contribution >= 4 is 44.8 Å². The van der Waals surface area contributed by atoms with Crippen LogP contribution in [-0.4, -0.2) is 19.1 Å². The van der Waals surface area contributed by atoms with Crippen LogP contribution in [0.15, 0.2) is 28.1 Å². The van der Waals surface area contributed by atoms with Crippen LogP contribution < -0.4 is 10.1 Å². The molecule has 2 aromatic rings. The van der Waals surface area contributed by atoms with Crippen LogP contribution in [0, 0.1) is 6.92 Å². The first-order chi connectivity index (χ1) is 10.1. The summed E-state index contributed by atoms with van der Waals surface area (Å²) in [6, 6.07) is 7.61. The zero-order chi connectivity index (χ0) is 15.0. The Morgan fingerprint density at radius 2 is 2.24 bits per heavy atom. The fourth-order valence-corrected chi connectivity index (χ4v) is 4.11. The summed E-state index contributed by atoms with van der Waals surface area (Å²) in [6.07, 6.45) is 0. The smallest absolute Gasteiger partial charge is 0.255 e. The van der Waals surface area contributed by atoms with Crippen molar-refractivity contribution in [3.63, 3.8) is 0 Å². The average molecular weight is 387 g/mol. The van der Waals surface area contributed by atoms with Crippen LogP contribution in [0.2, 0.25) is 0 Å². The predicted octanol–water partition coefficient (Wildman–Crippen LogP) is 4.27. The number of hydrogen-bond donors (Lipinski definition) is 1. The van der Waals surface area contributed by atoms with Crippen molar-refractivity contribution in [1.29, 1.82) is 0 Å². The Morgan fingerprint density at radius 3 is 2.95 bits per heavy atom. The number of benzene rings is 1. The van der Waals surface area contributed by atoms with Gasteiger partial charge in [0.15, 0.2) is 0 Å². The molecular formula is C15H13BrClNO2S. The molecule has 0 fully saturated rings. The van der Waals surface area contributed by atoms with Crippen LogP contribution in [-0.2, 0) is 0 Å². The molecule has 1 atom stereocenters. The molecule has 0 saturated carbocycles. The molecular weight excluding hydrogens is 374 g/mol. The summed E-state index contributed by atoms with van der Waals surface area (Å²) in [4.78, 5) is 13.1. The molecule has 1 N–H and O–H groups in total. The first-order valence-corrected chi connectivity index (χ1v) is 8.55. The largest absolute Gasteiger partial charge is 0.491 e. The van der Waals surface area contributed by atoms with Crippen LogP contribution in [0.25, 0.3) is 0 Å². The molecule has 1 aliphatic heterocycles. The number of amides is 1. The predicted molar refractivity (Wildman–Crippen MR) is 88.7 cm³/mol. The van der Waals surface area contributed by atoms with Crippen LogP contribution in [0.5, 0.6) is 5.75 Å². The summed E-state index contributed by atoms with van der Waals surface area (Å²) in [6.45, 7) is 3.04. The molecule has 1 aromatic heterocycles. The highest BCUT2D eigenvalue weighted by molar-refractivity contribution is 9.11. The first-order valence-electron chi connectivity index (χ1n) is 6.51. The maximum Gasteiger partial charge on any atom is 0.255 e. The first kappa shape index (κ1) is 14.9. The van der Waals surface area contributed by atoms with Gasteiger partial charge in [0.25, 0.3) is 5.91 Å². The van der Waals surface area contributed by atoms with Crippen molar-refractivity contribution in [1.82, 2.24) is 5.32 Å². The van der Waals surface area contributed by atoms with E-state index in [-0.39, 0.29) is 11.3 Å². The van der Waals surface area contributed by atoms with E-state index in [4.69, 9.17) is 16.3 Å². The molecule has 1 amide bonds. The zero-order valence-electron chi connectivity index (χ0n) is 11.3. The van der Waals surface area contributed by atoms with Gasteiger partial charge < -0.3 is 10.1 Å². The third-order valence-electron chi connectivity index (χ3n) is 3.31. The van der Waals surface area contributed by atoms with Crippen molar-refractivity contribution in [2.75, 3.05) is 13.2 Å². The molecule has 2 heterocycles. The number of halogens is 2. The summed E-state index contributed by atoms with van der Waals surface area (Å²) in [5.41, 5.74) is 2.60. The molecule has 0 bridgehead atoms. The van der Waals surface area contributed by atoms with Crippen molar-refractivity contribution in [2.24, 2.45) is 0 Å². The van der Waals surface area contributed by atoms with E-state index in [1.165, 1.54) is 0 Å². The van der Waals surface area contributed by atoms with E-state index < -0.39 is 0 Å². The molecule has 0 saturated heterocycles. The van der Waals surface area contributed by atoms with Crippen molar-refractivity contribution in [3.8, 4) is 5.75 Å². The van der Waals surface area contributed by atoms with Gasteiger partial charge in [-0.15, -0.1) is 22.9 Å². The van der Waals surface area contributed by atoms with Crippen LogP contribution in [0.3, 0.4) is 0 Å². The van der Waals surface area contributed by atoms with Gasteiger partial charge in [-0.1, -0.05) is 6.07 Å². The lowest BCUT2D eigenvalue weighted by Gasteiger charge is -2.11. The molecule has 0 spiro atoms. The van der Waals surface area contributed by atoms with Crippen LogP contribution in [0.4, 0.5) is 0 Å². The third-order valence-corrected chi connectivity index (χ3v) is 6.13. The lowest BCUT2D eigenvalue weighted by atomic mass is 10.0. The van der Waals surface area contributed by atoms with Gasteiger partial charge in [-0.05, 0) is 52.2 Å². The number of alkyl halides is 1. The summed E-state index contributed by atoms with van der Waals surface area (Å²) >= 11 is 11.7. The highest BCUT2D eigenvalue weighted by atomic mass is 79.9. The van der Waals surface area contributed by atoms with Gasteiger partial charge in [0.05, 0.1) is 21.3 Å². The van der Waals surface area contributed by atoms with Crippen LogP contribution >= 0.6 is 38.9 Å². The average Bonchev–Trinajstić information content (AvgIpc) is 2.70. The SMILES string of the molecule is Cc1cc(C(Cl)c2ccc3c(c2)C(=O)NCCO3)sc1Br. The van der Waals surface area contributed by atoms with Gasteiger partial charge in [-0.25, -0.2) is 0 Å². The summed E-state index contributed by atoms with van der Waals surface area (Å²) in [7, 11) is 0. The molecule has 1 aromatic carbocycles. The third kappa shape index (κ3) is 2.96. The molecule has 1 unspecified atom stereocenters. The van der Waals surface area contributed by atoms with Crippen molar-refractivity contribution < 1.29 is 9.53 Å². The Morgan fingerprint density at radius 1 is 1.43 bits per heavy atom. The van der Waals surface area contributed by atoms with Gasteiger partial charge >= 0.3 is 0 Å². The number of rotatable bonds is 2. The van der Waals surface area contributed by atoms with Crippen molar-refractivity contribution in [2.45, 2.75) is 12.3 Å². The lowest BCUT2D eigenvalue weighted by molar-refractivity contribution is 0.0957. The van der Waals surface area contributed by atoms with E-state index in [0.29, 0.717) is 24.5 Å². The Bertz CT molecular complexity index is 681. The van der Waals surface area contributed by atoms with Gasteiger partial charge in [-0.2, -0.15) is 0 Å². The Hall–Kier alpha value is -1.04. The maximum atomic E-state index is 12.0. The summed E-state index contributed by atoms with van der Waals surface area (Å²) in [5, 5.41) is 2.53. The number of aryl methyl sites for hydroxylation is 1. The van der Waals surface area contributed by atoms with E-state index in [9.17, 15) is 4.79 Å². The minimum absolute atomic E-state index is 0.114. The molecule has 110 valence electrons. The molecule has 1 aliphatic rings. The normalized spacial score (nSPS) is 15.7. The van der Waals surface area contributed by atoms with Crippen molar-refractivity contribution in [3.05, 3.63) is 49.6 Å². The quantitative estimate of drug-likeness (QED) is 0.783. The Labute approximate surface area is 140 Å². The number of ether oxygens (including phenoxy) is 1. The Balaban J connectivity index is 1.97. The minimum Gasteiger partial charge on any atom is -0.491 e. The lowest BCUT2D eigenvalue weighted by Crippen LogP contribution is -2.24.